The van der Waals surface area contributed by atoms with E-state index in [1.165, 1.54) is 0 Å². The quantitative estimate of drug-likeness (QED) is 0.798. The van der Waals surface area contributed by atoms with E-state index in [4.69, 9.17) is 5.73 Å². The summed E-state index contributed by atoms with van der Waals surface area (Å²) in [7, 11) is 0. The van der Waals surface area contributed by atoms with Crippen LogP contribution >= 0.6 is 12.4 Å². The number of aryl methyl sites for hydroxylation is 1. The summed E-state index contributed by atoms with van der Waals surface area (Å²) in [4.78, 5) is 11.8. The number of hydrogen-bond acceptors (Lipinski definition) is 3. The second-order valence-electron chi connectivity index (χ2n) is 6.26. The zero-order valence-corrected chi connectivity index (χ0v) is 14.4. The third-order valence-corrected chi connectivity index (χ3v) is 3.51. The first-order valence-corrected chi connectivity index (χ1v) is 6.97. The number of rotatable bonds is 4. The molecule has 0 fully saturated rings. The molecule has 0 radical (unpaired) electrons. The number of nitrogens with one attached hydrogen (secondary N) is 1. The van der Waals surface area contributed by atoms with Crippen molar-refractivity contribution < 1.29 is 9.90 Å². The Balaban J connectivity index is 0.00000400. The topological polar surface area (TPSA) is 75.3 Å². The molecule has 21 heavy (non-hydrogen) atoms. The van der Waals surface area contributed by atoms with Gasteiger partial charge in [-0.1, -0.05) is 26.8 Å². The van der Waals surface area contributed by atoms with Crippen LogP contribution < -0.4 is 11.1 Å². The number of carbonyl (C=O) groups excluding carboxylic acids is 1. The molecule has 5 heteroatoms. The predicted molar refractivity (Wildman–Crippen MR) is 89.3 cm³/mol. The van der Waals surface area contributed by atoms with Crippen LogP contribution in [0.15, 0.2) is 6.07 Å². The Bertz CT molecular complexity index is 508. The Morgan fingerprint density at radius 2 is 1.90 bits per heavy atom. The molecule has 1 amide bonds. The maximum absolute atomic E-state index is 11.8. The van der Waals surface area contributed by atoms with E-state index < -0.39 is 0 Å². The van der Waals surface area contributed by atoms with Crippen molar-refractivity contribution in [2.45, 2.75) is 46.5 Å². The molecule has 1 aromatic carbocycles. The van der Waals surface area contributed by atoms with Gasteiger partial charge in [-0.05, 0) is 41.5 Å². The summed E-state index contributed by atoms with van der Waals surface area (Å²) < 4.78 is 0. The van der Waals surface area contributed by atoms with Gasteiger partial charge in [-0.2, -0.15) is 0 Å². The van der Waals surface area contributed by atoms with Crippen molar-refractivity contribution >= 4 is 18.3 Å². The van der Waals surface area contributed by atoms with E-state index >= 15 is 0 Å². The van der Waals surface area contributed by atoms with Crippen LogP contribution in [0, 0.1) is 13.8 Å². The number of aromatic hydroxyl groups is 1. The third kappa shape index (κ3) is 4.90. The molecule has 1 rings (SSSR count). The van der Waals surface area contributed by atoms with Crippen molar-refractivity contribution in [1.82, 2.24) is 5.32 Å². The van der Waals surface area contributed by atoms with Gasteiger partial charge in [-0.25, -0.2) is 0 Å². The zero-order valence-electron chi connectivity index (χ0n) is 13.5. The zero-order chi connectivity index (χ0) is 15.5. The molecule has 1 aromatic rings. The number of benzene rings is 1. The molecule has 4 N–H and O–H groups in total. The average molecular weight is 315 g/mol. The Kier molecular flexibility index (Phi) is 7.20. The molecule has 0 heterocycles. The van der Waals surface area contributed by atoms with E-state index in [-0.39, 0.29) is 30.2 Å². The van der Waals surface area contributed by atoms with Gasteiger partial charge in [0, 0.05) is 13.1 Å². The van der Waals surface area contributed by atoms with Gasteiger partial charge in [-0.15, -0.1) is 12.4 Å². The number of nitrogens with two attached hydrogens (primary N) is 1. The van der Waals surface area contributed by atoms with E-state index in [9.17, 15) is 9.90 Å². The lowest BCUT2D eigenvalue weighted by Crippen LogP contribution is -2.30. The van der Waals surface area contributed by atoms with Gasteiger partial charge >= 0.3 is 0 Å². The summed E-state index contributed by atoms with van der Waals surface area (Å²) in [6, 6.07) is 1.98. The van der Waals surface area contributed by atoms with Gasteiger partial charge in [0.2, 0.25) is 5.91 Å². The Labute approximate surface area is 133 Å². The highest BCUT2D eigenvalue weighted by atomic mass is 35.5. The maximum Gasteiger partial charge on any atom is 0.224 e. The molecule has 0 saturated heterocycles. The minimum Gasteiger partial charge on any atom is -0.507 e. The molecule has 0 bridgehead atoms. The molecule has 0 aliphatic carbocycles. The third-order valence-electron chi connectivity index (χ3n) is 3.51. The van der Waals surface area contributed by atoms with Crippen molar-refractivity contribution in [1.29, 1.82) is 0 Å². The van der Waals surface area contributed by atoms with Gasteiger partial charge in [0.1, 0.15) is 5.75 Å². The molecular weight excluding hydrogens is 288 g/mol. The first-order valence-electron chi connectivity index (χ1n) is 6.97. The number of hydrogen-bond donors (Lipinski definition) is 3. The number of amides is 1. The molecule has 4 nitrogen and oxygen atoms in total. The van der Waals surface area contributed by atoms with E-state index in [1.54, 1.807) is 0 Å². The van der Waals surface area contributed by atoms with Gasteiger partial charge in [0.25, 0.3) is 0 Å². The monoisotopic (exact) mass is 314 g/mol. The summed E-state index contributed by atoms with van der Waals surface area (Å²) in [5, 5.41) is 13.1. The second kappa shape index (κ2) is 7.66. The number of halogens is 1. The molecule has 0 aromatic heterocycles. The van der Waals surface area contributed by atoms with Crippen molar-refractivity contribution in [3.05, 3.63) is 28.3 Å². The molecule has 120 valence electrons. The van der Waals surface area contributed by atoms with Crippen LogP contribution in [-0.4, -0.2) is 24.1 Å². The maximum atomic E-state index is 11.8. The minimum absolute atomic E-state index is 0. The highest BCUT2D eigenvalue weighted by Gasteiger charge is 2.22. The van der Waals surface area contributed by atoms with Crippen LogP contribution in [0.1, 0.15) is 43.0 Å². The summed E-state index contributed by atoms with van der Waals surface area (Å²) in [5.41, 5.74) is 8.88. The lowest BCUT2D eigenvalue weighted by Gasteiger charge is -2.24. The van der Waals surface area contributed by atoms with E-state index in [1.807, 2.05) is 19.9 Å². The Hall–Kier alpha value is -1.26. The lowest BCUT2D eigenvalue weighted by molar-refractivity contribution is -0.120. The van der Waals surface area contributed by atoms with Crippen molar-refractivity contribution in [3.8, 4) is 5.75 Å². The number of phenols is 1. The Morgan fingerprint density at radius 3 is 2.38 bits per heavy atom. The fourth-order valence-electron chi connectivity index (χ4n) is 2.29. The molecule has 0 atom stereocenters. The molecule has 0 spiro atoms. The fraction of sp³-hybridized carbons (Fsp3) is 0.562. The Morgan fingerprint density at radius 1 is 1.33 bits per heavy atom. The summed E-state index contributed by atoms with van der Waals surface area (Å²) in [5.74, 6) is 0.231. The van der Waals surface area contributed by atoms with Crippen LogP contribution in [0.5, 0.6) is 5.75 Å². The molecule has 0 aliphatic heterocycles. The van der Waals surface area contributed by atoms with E-state index in [2.05, 4.69) is 26.1 Å². The van der Waals surface area contributed by atoms with Crippen LogP contribution in [0.2, 0.25) is 0 Å². The van der Waals surface area contributed by atoms with Crippen LogP contribution in [0.4, 0.5) is 0 Å². The molecule has 0 aliphatic rings. The van der Waals surface area contributed by atoms with Crippen LogP contribution in [-0.2, 0) is 16.6 Å². The average Bonchev–Trinajstić information content (AvgIpc) is 2.35. The lowest BCUT2D eigenvalue weighted by atomic mass is 9.82. The van der Waals surface area contributed by atoms with E-state index in [0.29, 0.717) is 18.8 Å². The standard InChI is InChI=1S/C16H26N2O2.ClH/c1-10-8-13(16(3,4)5)15(20)11(2)12(10)9-14(19)18-7-6-17;/h8,20H,6-7,9,17H2,1-5H3,(H,18,19);1H. The smallest absolute Gasteiger partial charge is 0.224 e. The molecular formula is C16H27ClN2O2. The summed E-state index contributed by atoms with van der Waals surface area (Å²) in [6.45, 7) is 10.9. The van der Waals surface area contributed by atoms with Gasteiger partial charge < -0.3 is 16.2 Å². The van der Waals surface area contributed by atoms with Crippen molar-refractivity contribution in [3.63, 3.8) is 0 Å². The van der Waals surface area contributed by atoms with Gasteiger partial charge in [0.05, 0.1) is 6.42 Å². The number of carbonyl (C=O) groups is 1. The molecule has 0 unspecified atom stereocenters. The normalized spacial score (nSPS) is 11.0. The number of phenolic OH excluding ortho intramolecular Hbond substituents is 1. The highest BCUT2D eigenvalue weighted by molar-refractivity contribution is 5.85. The summed E-state index contributed by atoms with van der Waals surface area (Å²) in [6.07, 6.45) is 0.273. The first kappa shape index (κ1) is 19.7. The SMILES string of the molecule is Cc1cc(C(C)(C)C)c(O)c(C)c1CC(=O)NCCN.Cl. The van der Waals surface area contributed by atoms with Gasteiger partial charge in [-0.3, -0.25) is 4.79 Å². The minimum atomic E-state index is -0.125. The second-order valence-corrected chi connectivity index (χ2v) is 6.26. The van der Waals surface area contributed by atoms with Crippen LogP contribution in [0.3, 0.4) is 0 Å². The predicted octanol–water partition coefficient (Wildman–Crippen LogP) is 2.35. The van der Waals surface area contributed by atoms with Crippen LogP contribution in [0.25, 0.3) is 0 Å². The van der Waals surface area contributed by atoms with Crippen molar-refractivity contribution in [2.75, 3.05) is 13.1 Å². The largest absolute Gasteiger partial charge is 0.507 e. The highest BCUT2D eigenvalue weighted by Crippen LogP contribution is 2.36. The summed E-state index contributed by atoms with van der Waals surface area (Å²) >= 11 is 0. The van der Waals surface area contributed by atoms with E-state index in [0.717, 1.165) is 22.3 Å². The van der Waals surface area contributed by atoms with Gasteiger partial charge in [0.15, 0.2) is 0 Å². The first-order chi connectivity index (χ1) is 9.18. The fourth-order valence-corrected chi connectivity index (χ4v) is 2.29. The molecule has 0 saturated carbocycles. The van der Waals surface area contributed by atoms with Crippen molar-refractivity contribution in [2.24, 2.45) is 5.73 Å².